The van der Waals surface area contributed by atoms with Gasteiger partial charge in [0.25, 0.3) is 5.91 Å². The Hall–Kier alpha value is -3.58. The van der Waals surface area contributed by atoms with Crippen LogP contribution in [0.4, 0.5) is 11.4 Å². The van der Waals surface area contributed by atoms with Gasteiger partial charge in [-0.25, -0.2) is 0 Å². The molecule has 1 N–H and O–H groups in total. The number of anilines is 1. The summed E-state index contributed by atoms with van der Waals surface area (Å²) in [5.74, 6) is 0.175. The zero-order valence-corrected chi connectivity index (χ0v) is 16.4. The number of halogens is 1. The molecule has 0 saturated carbocycles. The topological polar surface area (TPSA) is 90.7 Å². The van der Waals surface area contributed by atoms with Gasteiger partial charge in [-0.05, 0) is 48.9 Å². The minimum Gasteiger partial charge on any atom is -0.493 e. The summed E-state index contributed by atoms with van der Waals surface area (Å²) in [5.41, 5.74) is 1.71. The highest BCUT2D eigenvalue weighted by Gasteiger charge is 2.19. The van der Waals surface area contributed by atoms with Crippen molar-refractivity contribution in [2.75, 3.05) is 12.4 Å². The standard InChI is InChI=1S/C21H17ClN2O5/c1-13-5-3-4-6-16(13)23-21(25)14-7-9-19(20(11-14)28-2)29-18-10-8-15(22)12-17(18)24(26)27/h3-12H,1-2H3,(H,23,25). The van der Waals surface area contributed by atoms with Gasteiger partial charge in [-0.3, -0.25) is 14.9 Å². The van der Waals surface area contributed by atoms with Gasteiger partial charge in [-0.2, -0.15) is 0 Å². The molecular formula is C21H17ClN2O5. The number of nitro benzene ring substituents is 1. The number of aryl methyl sites for hydroxylation is 1. The molecule has 0 atom stereocenters. The largest absolute Gasteiger partial charge is 0.493 e. The van der Waals surface area contributed by atoms with Crippen LogP contribution in [0.15, 0.2) is 60.7 Å². The molecule has 0 aliphatic carbocycles. The van der Waals surface area contributed by atoms with E-state index in [9.17, 15) is 14.9 Å². The van der Waals surface area contributed by atoms with Crippen molar-refractivity contribution in [3.63, 3.8) is 0 Å². The molecule has 0 spiro atoms. The van der Waals surface area contributed by atoms with Crippen LogP contribution in [0.2, 0.25) is 5.02 Å². The molecule has 0 bridgehead atoms. The Morgan fingerprint density at radius 2 is 1.76 bits per heavy atom. The van der Waals surface area contributed by atoms with E-state index in [4.69, 9.17) is 21.1 Å². The summed E-state index contributed by atoms with van der Waals surface area (Å²) < 4.78 is 11.0. The maximum Gasteiger partial charge on any atom is 0.313 e. The lowest BCUT2D eigenvalue weighted by molar-refractivity contribution is -0.385. The van der Waals surface area contributed by atoms with Crippen molar-refractivity contribution < 1.29 is 19.2 Å². The van der Waals surface area contributed by atoms with Gasteiger partial charge >= 0.3 is 5.69 Å². The van der Waals surface area contributed by atoms with Crippen LogP contribution < -0.4 is 14.8 Å². The second-order valence-electron chi connectivity index (χ2n) is 6.11. The third-order valence-electron chi connectivity index (χ3n) is 4.16. The molecule has 0 radical (unpaired) electrons. The molecule has 7 nitrogen and oxygen atoms in total. The van der Waals surface area contributed by atoms with Gasteiger partial charge in [0, 0.05) is 22.3 Å². The highest BCUT2D eigenvalue weighted by molar-refractivity contribution is 6.30. The number of para-hydroxylation sites is 1. The fourth-order valence-corrected chi connectivity index (χ4v) is 2.81. The number of nitrogens with one attached hydrogen (secondary N) is 1. The molecule has 0 fully saturated rings. The minimum absolute atomic E-state index is 0.00909. The van der Waals surface area contributed by atoms with Crippen LogP contribution in [-0.4, -0.2) is 17.9 Å². The van der Waals surface area contributed by atoms with E-state index in [0.717, 1.165) is 5.56 Å². The number of hydrogen-bond donors (Lipinski definition) is 1. The molecule has 0 saturated heterocycles. The van der Waals surface area contributed by atoms with Gasteiger partial charge in [0.15, 0.2) is 11.5 Å². The summed E-state index contributed by atoms with van der Waals surface area (Å²) >= 11 is 5.83. The van der Waals surface area contributed by atoms with Crippen molar-refractivity contribution >= 4 is 28.9 Å². The molecule has 0 aromatic heterocycles. The first kappa shape index (κ1) is 20.2. The summed E-state index contributed by atoms with van der Waals surface area (Å²) in [4.78, 5) is 23.2. The first-order chi connectivity index (χ1) is 13.9. The van der Waals surface area contributed by atoms with Crippen LogP contribution in [0.3, 0.4) is 0 Å². The van der Waals surface area contributed by atoms with Crippen molar-refractivity contribution in [1.82, 2.24) is 0 Å². The third-order valence-corrected chi connectivity index (χ3v) is 4.39. The maximum absolute atomic E-state index is 12.6. The van der Waals surface area contributed by atoms with Crippen molar-refractivity contribution in [3.8, 4) is 17.2 Å². The molecule has 29 heavy (non-hydrogen) atoms. The van der Waals surface area contributed by atoms with Crippen LogP contribution in [0.25, 0.3) is 0 Å². The van der Waals surface area contributed by atoms with E-state index in [2.05, 4.69) is 5.32 Å². The Kier molecular flexibility index (Phi) is 5.99. The molecule has 8 heteroatoms. The normalized spacial score (nSPS) is 10.3. The lowest BCUT2D eigenvalue weighted by Crippen LogP contribution is -2.12. The van der Waals surface area contributed by atoms with Gasteiger partial charge in [-0.15, -0.1) is 0 Å². The summed E-state index contributed by atoms with van der Waals surface area (Å²) in [6.45, 7) is 1.89. The van der Waals surface area contributed by atoms with Gasteiger partial charge < -0.3 is 14.8 Å². The van der Waals surface area contributed by atoms with E-state index in [1.165, 1.54) is 37.4 Å². The van der Waals surface area contributed by atoms with Crippen LogP contribution >= 0.6 is 11.6 Å². The first-order valence-corrected chi connectivity index (χ1v) is 8.93. The fraction of sp³-hybridized carbons (Fsp3) is 0.0952. The fourth-order valence-electron chi connectivity index (χ4n) is 2.64. The Morgan fingerprint density at radius 1 is 1.03 bits per heavy atom. The van der Waals surface area contributed by atoms with Crippen molar-refractivity contribution in [2.45, 2.75) is 6.92 Å². The number of carbonyl (C=O) groups excluding carboxylic acids is 1. The SMILES string of the molecule is COc1cc(C(=O)Nc2ccccc2C)ccc1Oc1ccc(Cl)cc1[N+](=O)[O-]. The molecule has 0 unspecified atom stereocenters. The quantitative estimate of drug-likeness (QED) is 0.419. The van der Waals surface area contributed by atoms with Crippen LogP contribution in [-0.2, 0) is 0 Å². The zero-order chi connectivity index (χ0) is 21.0. The van der Waals surface area contributed by atoms with Gasteiger partial charge in [-0.1, -0.05) is 29.8 Å². The number of nitrogens with zero attached hydrogens (tertiary/aromatic N) is 1. The zero-order valence-electron chi connectivity index (χ0n) is 15.6. The molecule has 3 aromatic carbocycles. The second kappa shape index (κ2) is 8.62. The van der Waals surface area contributed by atoms with E-state index < -0.39 is 4.92 Å². The number of hydrogen-bond acceptors (Lipinski definition) is 5. The van der Waals surface area contributed by atoms with Gasteiger partial charge in [0.1, 0.15) is 0 Å². The van der Waals surface area contributed by atoms with E-state index in [-0.39, 0.29) is 33.9 Å². The lowest BCUT2D eigenvalue weighted by Gasteiger charge is -2.13. The number of rotatable bonds is 6. The van der Waals surface area contributed by atoms with E-state index >= 15 is 0 Å². The van der Waals surface area contributed by atoms with E-state index in [0.29, 0.717) is 11.3 Å². The second-order valence-corrected chi connectivity index (χ2v) is 6.54. The summed E-state index contributed by atoms with van der Waals surface area (Å²) in [6, 6.07) is 16.1. The number of amides is 1. The Balaban J connectivity index is 1.87. The molecular weight excluding hydrogens is 396 g/mol. The predicted molar refractivity (Wildman–Crippen MR) is 110 cm³/mol. The molecule has 0 aliphatic rings. The minimum atomic E-state index is -0.586. The predicted octanol–water partition coefficient (Wildman–Crippen LogP) is 5.61. The number of methoxy groups -OCH3 is 1. The summed E-state index contributed by atoms with van der Waals surface area (Å²) in [6.07, 6.45) is 0. The van der Waals surface area contributed by atoms with Gasteiger partial charge in [0.2, 0.25) is 5.75 Å². The number of carbonyl (C=O) groups is 1. The van der Waals surface area contributed by atoms with Crippen LogP contribution in [0.5, 0.6) is 17.2 Å². The summed E-state index contributed by atoms with van der Waals surface area (Å²) in [5, 5.41) is 14.3. The maximum atomic E-state index is 12.6. The summed E-state index contributed by atoms with van der Waals surface area (Å²) in [7, 11) is 1.42. The van der Waals surface area contributed by atoms with Crippen molar-refractivity contribution in [3.05, 3.63) is 86.9 Å². The Morgan fingerprint density at radius 3 is 2.45 bits per heavy atom. The average molecular weight is 413 g/mol. The van der Waals surface area contributed by atoms with Gasteiger partial charge in [0.05, 0.1) is 12.0 Å². The molecule has 148 valence electrons. The van der Waals surface area contributed by atoms with Crippen molar-refractivity contribution in [1.29, 1.82) is 0 Å². The molecule has 3 aromatic rings. The Labute approximate surface area is 172 Å². The molecule has 1 amide bonds. The average Bonchev–Trinajstić information content (AvgIpc) is 2.71. The molecule has 3 rings (SSSR count). The Bertz CT molecular complexity index is 1080. The molecule has 0 heterocycles. The lowest BCUT2D eigenvalue weighted by atomic mass is 10.1. The number of benzene rings is 3. The van der Waals surface area contributed by atoms with Crippen LogP contribution in [0, 0.1) is 17.0 Å². The first-order valence-electron chi connectivity index (χ1n) is 8.56. The third kappa shape index (κ3) is 4.64. The highest BCUT2D eigenvalue weighted by atomic mass is 35.5. The number of nitro groups is 1. The van der Waals surface area contributed by atoms with Crippen LogP contribution in [0.1, 0.15) is 15.9 Å². The van der Waals surface area contributed by atoms with E-state index in [1.807, 2.05) is 31.2 Å². The smallest absolute Gasteiger partial charge is 0.313 e. The highest BCUT2D eigenvalue weighted by Crippen LogP contribution is 2.38. The number of ether oxygens (including phenoxy) is 2. The van der Waals surface area contributed by atoms with E-state index in [1.54, 1.807) is 6.07 Å². The molecule has 0 aliphatic heterocycles. The van der Waals surface area contributed by atoms with Crippen molar-refractivity contribution in [2.24, 2.45) is 0 Å². The monoisotopic (exact) mass is 412 g/mol.